The molecule has 3 amide bonds. The first-order valence-electron chi connectivity index (χ1n) is 12.7. The average molecular weight is 524 g/mol. The van der Waals surface area contributed by atoms with Gasteiger partial charge in [-0.1, -0.05) is 48.0 Å². The fourth-order valence-corrected chi connectivity index (χ4v) is 3.84. The molecule has 2 aromatic rings. The number of carbonyl (C=O) groups is 3. The number of nitrogens with zero attached hydrogens (tertiary/aromatic N) is 1. The summed E-state index contributed by atoms with van der Waals surface area (Å²) in [5.74, 6) is -0.737. The number of aryl methyl sites for hydroxylation is 1. The number of hydrogen-bond acceptors (Lipinski definition) is 5. The quantitative estimate of drug-likeness (QED) is 0.409. The van der Waals surface area contributed by atoms with Crippen LogP contribution in [-0.4, -0.2) is 51.6 Å². The van der Waals surface area contributed by atoms with E-state index in [1.54, 1.807) is 39.0 Å². The first-order chi connectivity index (χ1) is 17.6. The van der Waals surface area contributed by atoms with Crippen molar-refractivity contribution in [3.05, 3.63) is 77.9 Å². The van der Waals surface area contributed by atoms with Gasteiger partial charge in [-0.25, -0.2) is 4.79 Å². The van der Waals surface area contributed by atoms with Gasteiger partial charge in [0, 0.05) is 18.5 Å². The number of benzene rings is 2. The van der Waals surface area contributed by atoms with Crippen molar-refractivity contribution in [2.45, 2.75) is 78.1 Å². The van der Waals surface area contributed by atoms with Gasteiger partial charge in [0.15, 0.2) is 0 Å². The summed E-state index contributed by atoms with van der Waals surface area (Å²) in [6, 6.07) is 11.8. The van der Waals surface area contributed by atoms with Crippen LogP contribution in [0.4, 0.5) is 4.79 Å². The SMILES string of the molecule is C=CCN(C(=O)C(Cc1ccc(O)cc1)NC(=O)OC(C)(C)C)C(C(=O)NC(C)(C)C)c1ccc(C)cc1. The molecule has 0 saturated heterocycles. The molecule has 0 aromatic heterocycles. The number of hydrogen-bond donors (Lipinski definition) is 3. The van der Waals surface area contributed by atoms with E-state index in [-0.39, 0.29) is 24.6 Å². The molecule has 0 aliphatic heterocycles. The van der Waals surface area contributed by atoms with E-state index in [9.17, 15) is 19.5 Å². The second-order valence-corrected chi connectivity index (χ2v) is 11.4. The van der Waals surface area contributed by atoms with Crippen molar-refractivity contribution in [2.75, 3.05) is 6.54 Å². The lowest BCUT2D eigenvalue weighted by molar-refractivity contribution is -0.142. The summed E-state index contributed by atoms with van der Waals surface area (Å²) in [6.45, 7) is 16.6. The lowest BCUT2D eigenvalue weighted by Gasteiger charge is -2.35. The van der Waals surface area contributed by atoms with Crippen molar-refractivity contribution in [1.29, 1.82) is 0 Å². The van der Waals surface area contributed by atoms with Crippen LogP contribution < -0.4 is 10.6 Å². The smallest absolute Gasteiger partial charge is 0.408 e. The number of aromatic hydroxyl groups is 1. The van der Waals surface area contributed by atoms with Crippen molar-refractivity contribution in [3.8, 4) is 5.75 Å². The van der Waals surface area contributed by atoms with Gasteiger partial charge in [0.2, 0.25) is 11.8 Å². The zero-order valence-electron chi connectivity index (χ0n) is 23.5. The van der Waals surface area contributed by atoms with Gasteiger partial charge in [0.25, 0.3) is 0 Å². The van der Waals surface area contributed by atoms with Crippen molar-refractivity contribution >= 4 is 17.9 Å². The van der Waals surface area contributed by atoms with E-state index in [4.69, 9.17) is 4.74 Å². The van der Waals surface area contributed by atoms with E-state index in [1.165, 1.54) is 17.0 Å². The summed E-state index contributed by atoms with van der Waals surface area (Å²) in [6.07, 6.45) is 0.918. The molecule has 38 heavy (non-hydrogen) atoms. The van der Waals surface area contributed by atoms with Gasteiger partial charge in [-0.05, 0) is 71.7 Å². The summed E-state index contributed by atoms with van der Waals surface area (Å²) in [7, 11) is 0. The number of amides is 3. The van der Waals surface area contributed by atoms with Crippen LogP contribution >= 0.6 is 0 Å². The number of phenols is 1. The zero-order chi connectivity index (χ0) is 28.7. The Balaban J connectivity index is 2.54. The summed E-state index contributed by atoms with van der Waals surface area (Å²) >= 11 is 0. The number of nitrogens with one attached hydrogen (secondary N) is 2. The topological polar surface area (TPSA) is 108 Å². The summed E-state index contributed by atoms with van der Waals surface area (Å²) in [4.78, 5) is 41.9. The third kappa shape index (κ3) is 9.57. The van der Waals surface area contributed by atoms with Crippen molar-refractivity contribution < 1.29 is 24.2 Å². The summed E-state index contributed by atoms with van der Waals surface area (Å²) in [5.41, 5.74) is 1.05. The highest BCUT2D eigenvalue weighted by molar-refractivity contribution is 5.92. The molecule has 0 saturated carbocycles. The largest absolute Gasteiger partial charge is 0.508 e. The molecule has 2 unspecified atom stereocenters. The van der Waals surface area contributed by atoms with Crippen LogP contribution in [0, 0.1) is 6.92 Å². The predicted molar refractivity (Wildman–Crippen MR) is 149 cm³/mol. The minimum Gasteiger partial charge on any atom is -0.508 e. The average Bonchev–Trinajstić information content (AvgIpc) is 2.78. The Morgan fingerprint density at radius 1 is 1.00 bits per heavy atom. The molecule has 3 N–H and O–H groups in total. The second-order valence-electron chi connectivity index (χ2n) is 11.4. The van der Waals surface area contributed by atoms with Gasteiger partial charge < -0.3 is 25.4 Å². The van der Waals surface area contributed by atoms with Crippen LogP contribution in [0.2, 0.25) is 0 Å². The monoisotopic (exact) mass is 523 g/mol. The maximum Gasteiger partial charge on any atom is 0.408 e. The van der Waals surface area contributed by atoms with Crippen molar-refractivity contribution in [2.24, 2.45) is 0 Å². The molecule has 8 heteroatoms. The molecule has 2 aromatic carbocycles. The fourth-order valence-electron chi connectivity index (χ4n) is 3.84. The predicted octanol–water partition coefficient (Wildman–Crippen LogP) is 4.81. The minimum absolute atomic E-state index is 0.0665. The number of ether oxygens (including phenoxy) is 1. The number of rotatable bonds is 9. The van der Waals surface area contributed by atoms with Crippen LogP contribution in [-0.2, 0) is 20.7 Å². The van der Waals surface area contributed by atoms with Crippen LogP contribution in [0.1, 0.15) is 64.3 Å². The van der Waals surface area contributed by atoms with Crippen molar-refractivity contribution in [3.63, 3.8) is 0 Å². The normalized spacial score (nSPS) is 13.1. The first-order valence-corrected chi connectivity index (χ1v) is 12.7. The minimum atomic E-state index is -1.05. The lowest BCUT2D eigenvalue weighted by Crippen LogP contribution is -2.55. The Kier molecular flexibility index (Phi) is 10.1. The van der Waals surface area contributed by atoms with E-state index in [1.807, 2.05) is 52.0 Å². The maximum atomic E-state index is 14.1. The molecule has 0 spiro atoms. The van der Waals surface area contributed by atoms with Crippen LogP contribution in [0.3, 0.4) is 0 Å². The molecule has 0 aliphatic carbocycles. The number of carbonyl (C=O) groups excluding carboxylic acids is 3. The molecule has 0 bridgehead atoms. The Labute approximate surface area is 226 Å². The molecule has 0 heterocycles. The van der Waals surface area contributed by atoms with Gasteiger partial charge in [0.1, 0.15) is 23.4 Å². The fraction of sp³-hybridized carbons (Fsp3) is 0.433. The Hall–Kier alpha value is -3.81. The number of alkyl carbamates (subject to hydrolysis) is 1. The van der Waals surface area contributed by atoms with Crippen LogP contribution in [0.25, 0.3) is 0 Å². The maximum absolute atomic E-state index is 14.1. The van der Waals surface area contributed by atoms with E-state index in [0.29, 0.717) is 11.1 Å². The Bertz CT molecular complexity index is 1110. The highest BCUT2D eigenvalue weighted by Crippen LogP contribution is 2.25. The molecular formula is C30H41N3O5. The van der Waals surface area contributed by atoms with Crippen LogP contribution in [0.15, 0.2) is 61.2 Å². The third-order valence-corrected chi connectivity index (χ3v) is 5.43. The molecule has 206 valence electrons. The van der Waals surface area contributed by atoms with E-state index < -0.39 is 35.2 Å². The van der Waals surface area contributed by atoms with E-state index in [2.05, 4.69) is 17.2 Å². The highest BCUT2D eigenvalue weighted by atomic mass is 16.6. The highest BCUT2D eigenvalue weighted by Gasteiger charge is 2.37. The first kappa shape index (κ1) is 30.4. The van der Waals surface area contributed by atoms with Gasteiger partial charge in [0.05, 0.1) is 0 Å². The van der Waals surface area contributed by atoms with Gasteiger partial charge in [-0.15, -0.1) is 6.58 Å². The standard InChI is InChI=1S/C30H41N3O5/c1-9-18-33(25(26(35)32-29(3,4)5)22-14-10-20(2)11-15-22)27(36)24(31-28(37)38-30(6,7)8)19-21-12-16-23(34)17-13-21/h9-17,24-25,34H,1,18-19H2,2-8H3,(H,31,37)(H,32,35). The van der Waals surface area contributed by atoms with Gasteiger partial charge in [-0.3, -0.25) is 9.59 Å². The van der Waals surface area contributed by atoms with Gasteiger partial charge in [-0.2, -0.15) is 0 Å². The van der Waals surface area contributed by atoms with E-state index >= 15 is 0 Å². The van der Waals surface area contributed by atoms with Crippen molar-refractivity contribution in [1.82, 2.24) is 15.5 Å². The molecule has 0 fully saturated rings. The summed E-state index contributed by atoms with van der Waals surface area (Å²) < 4.78 is 5.43. The lowest BCUT2D eigenvalue weighted by atomic mass is 9.98. The Morgan fingerprint density at radius 3 is 2.08 bits per heavy atom. The molecule has 0 aliphatic rings. The van der Waals surface area contributed by atoms with Crippen LogP contribution in [0.5, 0.6) is 5.75 Å². The molecule has 2 atom stereocenters. The second kappa shape index (κ2) is 12.6. The van der Waals surface area contributed by atoms with Gasteiger partial charge >= 0.3 is 6.09 Å². The molecular weight excluding hydrogens is 482 g/mol. The Morgan fingerprint density at radius 2 is 1.58 bits per heavy atom. The third-order valence-electron chi connectivity index (χ3n) is 5.43. The molecule has 8 nitrogen and oxygen atoms in total. The zero-order valence-corrected chi connectivity index (χ0v) is 23.5. The van der Waals surface area contributed by atoms with E-state index in [0.717, 1.165) is 5.56 Å². The number of phenolic OH excluding ortho intramolecular Hbond substituents is 1. The molecule has 2 rings (SSSR count). The molecule has 0 radical (unpaired) electrons. The summed E-state index contributed by atoms with van der Waals surface area (Å²) in [5, 5.41) is 15.4.